The number of esters is 1. The van der Waals surface area contributed by atoms with Crippen LogP contribution in [0.3, 0.4) is 0 Å². The van der Waals surface area contributed by atoms with Crippen molar-refractivity contribution >= 4 is 5.97 Å². The average Bonchev–Trinajstić information content (AvgIpc) is 2.31. The lowest BCUT2D eigenvalue weighted by Crippen LogP contribution is -2.31. The maximum atomic E-state index is 11.7. The minimum Gasteiger partial charge on any atom is -0.450 e. The molecule has 0 bridgehead atoms. The summed E-state index contributed by atoms with van der Waals surface area (Å²) in [7, 11) is 0. The zero-order valence-electron chi connectivity index (χ0n) is 8.97. The molecule has 0 saturated carbocycles. The lowest BCUT2D eigenvalue weighted by molar-refractivity contribution is -0.0376. The second-order valence-electron chi connectivity index (χ2n) is 3.34. The van der Waals surface area contributed by atoms with Gasteiger partial charge in [0.1, 0.15) is 11.3 Å². The van der Waals surface area contributed by atoms with Crippen LogP contribution in [0.1, 0.15) is 17.3 Å². The van der Waals surface area contributed by atoms with Crippen molar-refractivity contribution in [3.05, 3.63) is 54.1 Å². The molecule has 1 aromatic carbocycles. The summed E-state index contributed by atoms with van der Waals surface area (Å²) in [4.78, 5) is 11.7. The fourth-order valence-electron chi connectivity index (χ4n) is 1.52. The van der Waals surface area contributed by atoms with Gasteiger partial charge < -0.3 is 9.47 Å². The molecule has 1 aliphatic rings. The number of cyclic esters (lactones) is 1. The fourth-order valence-corrected chi connectivity index (χ4v) is 1.52. The number of hydrogen-bond acceptors (Lipinski definition) is 3. The number of para-hydroxylation sites is 1. The van der Waals surface area contributed by atoms with Crippen LogP contribution < -0.4 is 4.74 Å². The molecule has 0 spiro atoms. The predicted octanol–water partition coefficient (Wildman–Crippen LogP) is 2.69. The van der Waals surface area contributed by atoms with Crippen LogP contribution >= 0.6 is 0 Å². The van der Waals surface area contributed by atoms with Crippen molar-refractivity contribution in [1.82, 2.24) is 0 Å². The van der Waals surface area contributed by atoms with Crippen LogP contribution in [0.5, 0.6) is 5.75 Å². The van der Waals surface area contributed by atoms with Crippen molar-refractivity contribution in [3.63, 3.8) is 0 Å². The van der Waals surface area contributed by atoms with Gasteiger partial charge in [-0.25, -0.2) is 4.79 Å². The quantitative estimate of drug-likeness (QED) is 0.563. The zero-order chi connectivity index (χ0) is 11.5. The van der Waals surface area contributed by atoms with Crippen LogP contribution in [0.25, 0.3) is 0 Å². The Kier molecular flexibility index (Phi) is 2.77. The largest absolute Gasteiger partial charge is 0.450 e. The molecule has 0 aliphatic carbocycles. The number of carbonyl (C=O) groups excluding carboxylic acids is 1. The molecule has 2 rings (SSSR count). The predicted molar refractivity (Wildman–Crippen MR) is 60.2 cm³/mol. The van der Waals surface area contributed by atoms with Gasteiger partial charge in [-0.1, -0.05) is 30.9 Å². The van der Waals surface area contributed by atoms with Gasteiger partial charge in [-0.3, -0.25) is 0 Å². The summed E-state index contributed by atoms with van der Waals surface area (Å²) in [6.45, 7) is 5.49. The van der Waals surface area contributed by atoms with Gasteiger partial charge in [-0.15, -0.1) is 0 Å². The summed E-state index contributed by atoms with van der Waals surface area (Å²) in [6.07, 6.45) is 2.73. The standard InChI is InChI=1S/C13H12O3/c1-3-9(4-2)13-15-11-8-6-5-7-10(11)12(14)16-13/h3-8,13H,1H2,2H3/b9-4+. The first kappa shape index (κ1) is 10.5. The second kappa shape index (κ2) is 4.23. The third-order valence-corrected chi connectivity index (χ3v) is 2.40. The van der Waals surface area contributed by atoms with Gasteiger partial charge in [0.15, 0.2) is 0 Å². The Morgan fingerprint density at radius 3 is 2.81 bits per heavy atom. The topological polar surface area (TPSA) is 35.5 Å². The molecule has 0 saturated heterocycles. The van der Waals surface area contributed by atoms with Crippen molar-refractivity contribution in [3.8, 4) is 5.75 Å². The van der Waals surface area contributed by atoms with E-state index in [0.29, 0.717) is 11.3 Å². The molecule has 3 heteroatoms. The van der Waals surface area contributed by atoms with E-state index in [1.807, 2.05) is 13.0 Å². The summed E-state index contributed by atoms with van der Waals surface area (Å²) in [5.74, 6) is 0.179. The SMILES string of the molecule is C=C/C(=C\C)C1OC(=O)c2ccccc2O1. The Morgan fingerprint density at radius 1 is 1.38 bits per heavy atom. The second-order valence-corrected chi connectivity index (χ2v) is 3.34. The Hall–Kier alpha value is -2.03. The normalized spacial score (nSPS) is 19.4. The number of rotatable bonds is 2. The lowest BCUT2D eigenvalue weighted by Gasteiger charge is -2.26. The summed E-state index contributed by atoms with van der Waals surface area (Å²) in [5.41, 5.74) is 1.20. The van der Waals surface area contributed by atoms with Crippen LogP contribution in [-0.4, -0.2) is 12.3 Å². The number of fused-ring (bicyclic) bond motifs is 1. The van der Waals surface area contributed by atoms with E-state index in [9.17, 15) is 4.79 Å². The molecule has 16 heavy (non-hydrogen) atoms. The maximum absolute atomic E-state index is 11.7. The molecular formula is C13H12O3. The highest BCUT2D eigenvalue weighted by Crippen LogP contribution is 2.28. The molecule has 3 nitrogen and oxygen atoms in total. The minimum absolute atomic E-state index is 0.368. The Morgan fingerprint density at radius 2 is 2.12 bits per heavy atom. The van der Waals surface area contributed by atoms with E-state index in [1.165, 1.54) is 0 Å². The zero-order valence-corrected chi connectivity index (χ0v) is 8.97. The van der Waals surface area contributed by atoms with Crippen LogP contribution in [0.4, 0.5) is 0 Å². The van der Waals surface area contributed by atoms with Gasteiger partial charge in [0, 0.05) is 5.57 Å². The molecule has 0 fully saturated rings. The van der Waals surface area contributed by atoms with E-state index >= 15 is 0 Å². The van der Waals surface area contributed by atoms with Gasteiger partial charge >= 0.3 is 5.97 Å². The van der Waals surface area contributed by atoms with Crippen molar-refractivity contribution in [2.24, 2.45) is 0 Å². The molecule has 0 aromatic heterocycles. The third-order valence-electron chi connectivity index (χ3n) is 2.40. The van der Waals surface area contributed by atoms with E-state index in [-0.39, 0.29) is 5.97 Å². The first-order chi connectivity index (χ1) is 7.76. The number of allylic oxidation sites excluding steroid dienone is 1. The highest BCUT2D eigenvalue weighted by atomic mass is 16.7. The van der Waals surface area contributed by atoms with Crippen LogP contribution in [0, 0.1) is 0 Å². The molecule has 1 aromatic rings. The lowest BCUT2D eigenvalue weighted by atomic mass is 10.1. The molecule has 1 unspecified atom stereocenters. The van der Waals surface area contributed by atoms with E-state index < -0.39 is 6.29 Å². The van der Waals surface area contributed by atoms with Crippen molar-refractivity contribution in [2.45, 2.75) is 13.2 Å². The molecular weight excluding hydrogens is 204 g/mol. The van der Waals surface area contributed by atoms with Crippen molar-refractivity contribution in [2.75, 3.05) is 0 Å². The van der Waals surface area contributed by atoms with Gasteiger partial charge in [0.2, 0.25) is 0 Å². The van der Waals surface area contributed by atoms with Gasteiger partial charge in [-0.2, -0.15) is 0 Å². The van der Waals surface area contributed by atoms with Gasteiger partial charge in [-0.05, 0) is 19.1 Å². The average molecular weight is 216 g/mol. The first-order valence-corrected chi connectivity index (χ1v) is 5.01. The summed E-state index contributed by atoms with van der Waals surface area (Å²) < 4.78 is 10.7. The fraction of sp³-hybridized carbons (Fsp3) is 0.154. The van der Waals surface area contributed by atoms with Gasteiger partial charge in [0.05, 0.1) is 0 Å². The van der Waals surface area contributed by atoms with Gasteiger partial charge in [0.25, 0.3) is 6.29 Å². The molecule has 1 atom stereocenters. The Bertz CT molecular complexity index is 460. The van der Waals surface area contributed by atoms with E-state index in [2.05, 4.69) is 6.58 Å². The molecule has 0 N–H and O–H groups in total. The van der Waals surface area contributed by atoms with Crippen LogP contribution in [-0.2, 0) is 4.74 Å². The van der Waals surface area contributed by atoms with Crippen molar-refractivity contribution in [1.29, 1.82) is 0 Å². The number of benzene rings is 1. The van der Waals surface area contributed by atoms with E-state index in [0.717, 1.165) is 5.57 Å². The third kappa shape index (κ3) is 1.72. The maximum Gasteiger partial charge on any atom is 0.345 e. The molecule has 82 valence electrons. The van der Waals surface area contributed by atoms with Crippen LogP contribution in [0.15, 0.2) is 48.6 Å². The summed E-state index contributed by atoms with van der Waals surface area (Å²) in [5, 5.41) is 0. The smallest absolute Gasteiger partial charge is 0.345 e. The molecule has 0 amide bonds. The monoisotopic (exact) mass is 216 g/mol. The summed E-state index contributed by atoms with van der Waals surface area (Å²) in [6, 6.07) is 7.02. The number of ether oxygens (including phenoxy) is 2. The summed E-state index contributed by atoms with van der Waals surface area (Å²) >= 11 is 0. The number of hydrogen-bond donors (Lipinski definition) is 0. The Balaban J connectivity index is 2.34. The minimum atomic E-state index is -0.690. The highest BCUT2D eigenvalue weighted by Gasteiger charge is 2.28. The van der Waals surface area contributed by atoms with E-state index in [1.54, 1.807) is 30.4 Å². The van der Waals surface area contributed by atoms with E-state index in [4.69, 9.17) is 9.47 Å². The van der Waals surface area contributed by atoms with Crippen LogP contribution in [0.2, 0.25) is 0 Å². The Labute approximate surface area is 94.0 Å². The number of carbonyl (C=O) groups is 1. The van der Waals surface area contributed by atoms with Crippen molar-refractivity contribution < 1.29 is 14.3 Å². The molecule has 1 aliphatic heterocycles. The molecule has 0 radical (unpaired) electrons. The first-order valence-electron chi connectivity index (χ1n) is 5.01. The molecule has 1 heterocycles. The highest BCUT2D eigenvalue weighted by molar-refractivity contribution is 5.93.